The Morgan fingerprint density at radius 3 is 2.67 bits per heavy atom. The molecule has 3 unspecified atom stereocenters. The first-order valence-electron chi connectivity index (χ1n) is 9.56. The number of piperidine rings is 1. The van der Waals surface area contributed by atoms with Crippen molar-refractivity contribution < 1.29 is 0 Å². The average Bonchev–Trinajstić information content (AvgIpc) is 2.73. The Balaban J connectivity index is 1.53. The largest absolute Gasteiger partial charge is 0.314 e. The smallest absolute Gasteiger partial charge is 0.0223 e. The fourth-order valence-corrected chi connectivity index (χ4v) is 4.85. The van der Waals surface area contributed by atoms with E-state index in [1.165, 1.54) is 84.1 Å². The molecule has 0 aromatic carbocycles. The third kappa shape index (κ3) is 4.20. The summed E-state index contributed by atoms with van der Waals surface area (Å²) in [6.07, 6.45) is 11.5. The van der Waals surface area contributed by atoms with Crippen molar-refractivity contribution in [3.63, 3.8) is 0 Å². The molecule has 0 aromatic heterocycles. The molecular weight excluding hydrogens is 258 g/mol. The van der Waals surface area contributed by atoms with Gasteiger partial charge in [-0.05, 0) is 44.7 Å². The molecule has 2 aliphatic heterocycles. The molecule has 21 heavy (non-hydrogen) atoms. The Bertz CT molecular complexity index is 307. The van der Waals surface area contributed by atoms with E-state index in [0.717, 1.165) is 24.5 Å². The summed E-state index contributed by atoms with van der Waals surface area (Å²) in [4.78, 5) is 5.56. The maximum Gasteiger partial charge on any atom is 0.0223 e. The van der Waals surface area contributed by atoms with Crippen LogP contribution < -0.4 is 5.32 Å². The quantitative estimate of drug-likeness (QED) is 0.804. The topological polar surface area (TPSA) is 18.5 Å². The van der Waals surface area contributed by atoms with Gasteiger partial charge in [0, 0.05) is 38.3 Å². The van der Waals surface area contributed by atoms with Crippen LogP contribution in [0.25, 0.3) is 0 Å². The molecule has 1 aliphatic carbocycles. The van der Waals surface area contributed by atoms with Crippen molar-refractivity contribution in [1.29, 1.82) is 0 Å². The zero-order valence-corrected chi connectivity index (χ0v) is 14.0. The van der Waals surface area contributed by atoms with Gasteiger partial charge in [0.1, 0.15) is 0 Å². The minimum atomic E-state index is 0.780. The highest BCUT2D eigenvalue weighted by Crippen LogP contribution is 2.27. The van der Waals surface area contributed by atoms with E-state index in [1.54, 1.807) is 0 Å². The first kappa shape index (κ1) is 15.8. The van der Waals surface area contributed by atoms with Crippen molar-refractivity contribution in [2.75, 3.05) is 39.3 Å². The number of fused-ring (bicyclic) bond motifs is 1. The zero-order valence-electron chi connectivity index (χ0n) is 14.0. The van der Waals surface area contributed by atoms with Gasteiger partial charge < -0.3 is 10.2 Å². The Morgan fingerprint density at radius 2 is 1.76 bits per heavy atom. The number of nitrogens with one attached hydrogen (secondary N) is 1. The zero-order chi connectivity index (χ0) is 14.5. The van der Waals surface area contributed by atoms with Gasteiger partial charge in [-0.3, -0.25) is 4.90 Å². The Hall–Kier alpha value is -0.120. The average molecular weight is 293 g/mol. The number of hydrogen-bond donors (Lipinski definition) is 1. The highest BCUT2D eigenvalue weighted by molar-refractivity contribution is 4.88. The van der Waals surface area contributed by atoms with Gasteiger partial charge in [-0.2, -0.15) is 0 Å². The second-order valence-corrected chi connectivity index (χ2v) is 7.51. The minimum Gasteiger partial charge on any atom is -0.314 e. The van der Waals surface area contributed by atoms with Crippen molar-refractivity contribution in [3.05, 3.63) is 0 Å². The molecule has 0 spiro atoms. The van der Waals surface area contributed by atoms with E-state index < -0.39 is 0 Å². The van der Waals surface area contributed by atoms with Crippen LogP contribution in [0.3, 0.4) is 0 Å². The second kappa shape index (κ2) is 7.94. The summed E-state index contributed by atoms with van der Waals surface area (Å²) < 4.78 is 0. The van der Waals surface area contributed by atoms with Crippen LogP contribution in [0.4, 0.5) is 0 Å². The molecule has 3 atom stereocenters. The molecular formula is C18H35N3. The minimum absolute atomic E-state index is 0.780. The predicted octanol–water partition coefficient (Wildman–Crippen LogP) is 2.71. The van der Waals surface area contributed by atoms with Gasteiger partial charge in [0.25, 0.3) is 0 Å². The summed E-state index contributed by atoms with van der Waals surface area (Å²) in [5.41, 5.74) is 0. The standard InChI is InChI=1S/C18H35N3/c1-2-19-18-10-5-3-4-8-16(18)14-20-12-13-21-11-7-6-9-17(21)15-20/h16-19H,2-15H2,1H3. The lowest BCUT2D eigenvalue weighted by atomic mass is 9.92. The highest BCUT2D eigenvalue weighted by Gasteiger charge is 2.31. The molecule has 3 aliphatic rings. The van der Waals surface area contributed by atoms with Crippen LogP contribution in [-0.4, -0.2) is 61.2 Å². The van der Waals surface area contributed by atoms with E-state index in [4.69, 9.17) is 0 Å². The number of hydrogen-bond acceptors (Lipinski definition) is 3. The summed E-state index contributed by atoms with van der Waals surface area (Å²) in [5.74, 6) is 0.891. The Kier molecular flexibility index (Phi) is 5.96. The molecule has 0 radical (unpaired) electrons. The van der Waals surface area contributed by atoms with Crippen LogP contribution in [0, 0.1) is 5.92 Å². The summed E-state index contributed by atoms with van der Waals surface area (Å²) in [6, 6.07) is 1.65. The molecule has 2 saturated heterocycles. The molecule has 122 valence electrons. The van der Waals surface area contributed by atoms with E-state index >= 15 is 0 Å². The molecule has 1 N–H and O–H groups in total. The predicted molar refractivity (Wildman–Crippen MR) is 89.7 cm³/mol. The lowest BCUT2D eigenvalue weighted by molar-refractivity contribution is 0.0378. The first-order valence-corrected chi connectivity index (χ1v) is 9.56. The molecule has 3 nitrogen and oxygen atoms in total. The first-order chi connectivity index (χ1) is 10.4. The maximum absolute atomic E-state index is 3.78. The van der Waals surface area contributed by atoms with E-state index in [0.29, 0.717) is 0 Å². The van der Waals surface area contributed by atoms with Crippen LogP contribution in [0.2, 0.25) is 0 Å². The molecule has 3 rings (SSSR count). The third-order valence-electron chi connectivity index (χ3n) is 6.04. The Morgan fingerprint density at radius 1 is 0.905 bits per heavy atom. The molecule has 3 heteroatoms. The second-order valence-electron chi connectivity index (χ2n) is 7.51. The molecule has 0 aromatic rings. The fourth-order valence-electron chi connectivity index (χ4n) is 4.85. The molecule has 0 amide bonds. The summed E-state index contributed by atoms with van der Waals surface area (Å²) in [6.45, 7) is 10.1. The van der Waals surface area contributed by atoms with E-state index in [2.05, 4.69) is 22.0 Å². The molecule has 3 fully saturated rings. The van der Waals surface area contributed by atoms with Gasteiger partial charge >= 0.3 is 0 Å². The van der Waals surface area contributed by atoms with Crippen LogP contribution in [0.1, 0.15) is 58.3 Å². The lowest BCUT2D eigenvalue weighted by Crippen LogP contribution is -2.56. The normalized spacial score (nSPS) is 36.1. The Labute approximate surface area is 131 Å². The number of rotatable bonds is 4. The fraction of sp³-hybridized carbons (Fsp3) is 1.00. The van der Waals surface area contributed by atoms with Crippen molar-refractivity contribution in [2.45, 2.75) is 70.4 Å². The van der Waals surface area contributed by atoms with Crippen molar-refractivity contribution in [2.24, 2.45) is 5.92 Å². The van der Waals surface area contributed by atoms with Gasteiger partial charge in [0.05, 0.1) is 0 Å². The van der Waals surface area contributed by atoms with Crippen LogP contribution in [-0.2, 0) is 0 Å². The molecule has 0 bridgehead atoms. The van der Waals surface area contributed by atoms with Crippen LogP contribution in [0.15, 0.2) is 0 Å². The van der Waals surface area contributed by atoms with E-state index in [1.807, 2.05) is 0 Å². The molecule has 1 saturated carbocycles. The van der Waals surface area contributed by atoms with Crippen molar-refractivity contribution in [1.82, 2.24) is 15.1 Å². The highest BCUT2D eigenvalue weighted by atomic mass is 15.3. The number of nitrogens with zero attached hydrogens (tertiary/aromatic N) is 2. The number of piperazine rings is 1. The monoisotopic (exact) mass is 293 g/mol. The summed E-state index contributed by atoms with van der Waals surface area (Å²) in [5, 5.41) is 3.78. The van der Waals surface area contributed by atoms with Crippen LogP contribution >= 0.6 is 0 Å². The van der Waals surface area contributed by atoms with Gasteiger partial charge in [0.2, 0.25) is 0 Å². The maximum atomic E-state index is 3.78. The van der Waals surface area contributed by atoms with E-state index in [-0.39, 0.29) is 0 Å². The SMILES string of the molecule is CCNC1CCCCCC1CN1CCN2CCCCC2C1. The van der Waals surface area contributed by atoms with Gasteiger partial charge in [0.15, 0.2) is 0 Å². The van der Waals surface area contributed by atoms with Crippen molar-refractivity contribution >= 4 is 0 Å². The summed E-state index contributed by atoms with van der Waals surface area (Å²) in [7, 11) is 0. The van der Waals surface area contributed by atoms with Crippen LogP contribution in [0.5, 0.6) is 0 Å². The van der Waals surface area contributed by atoms with Gasteiger partial charge in [-0.15, -0.1) is 0 Å². The van der Waals surface area contributed by atoms with Crippen molar-refractivity contribution in [3.8, 4) is 0 Å². The third-order valence-corrected chi connectivity index (χ3v) is 6.04. The lowest BCUT2D eigenvalue weighted by Gasteiger charge is -2.45. The molecule has 2 heterocycles. The summed E-state index contributed by atoms with van der Waals surface area (Å²) >= 11 is 0. The van der Waals surface area contributed by atoms with Gasteiger partial charge in [-0.1, -0.05) is 32.6 Å². The van der Waals surface area contributed by atoms with E-state index in [9.17, 15) is 0 Å². The van der Waals surface area contributed by atoms with Gasteiger partial charge in [-0.25, -0.2) is 0 Å².